The molecule has 4 heteroatoms. The van der Waals surface area contributed by atoms with Crippen LogP contribution in [0.1, 0.15) is 11.1 Å². The van der Waals surface area contributed by atoms with Crippen LogP contribution in [0.15, 0.2) is 6.07 Å². The summed E-state index contributed by atoms with van der Waals surface area (Å²) >= 11 is 1.82. The molecule has 0 atom stereocenters. The summed E-state index contributed by atoms with van der Waals surface area (Å²) in [6.45, 7) is 3.08. The number of rotatable bonds is 1. The molecule has 0 aromatic heterocycles. The van der Waals surface area contributed by atoms with Crippen LogP contribution in [0, 0.1) is 25.5 Å². The number of aryl methyl sites for hydroxylation is 1. The van der Waals surface area contributed by atoms with Crippen molar-refractivity contribution >= 4 is 28.6 Å². The van der Waals surface area contributed by atoms with Crippen molar-refractivity contribution < 1.29 is 8.78 Å². The van der Waals surface area contributed by atoms with Gasteiger partial charge in [-0.3, -0.25) is 0 Å². The van der Waals surface area contributed by atoms with Crippen LogP contribution in [-0.4, -0.2) is 0 Å². The summed E-state index contributed by atoms with van der Waals surface area (Å²) < 4.78 is 28.8. The zero-order chi connectivity index (χ0) is 9.30. The van der Waals surface area contributed by atoms with E-state index in [1.807, 2.05) is 22.9 Å². The number of nitrogens with one attached hydrogen (secondary N) is 1. The molecule has 1 rings (SSSR count). The highest BCUT2D eigenvalue weighted by molar-refractivity contribution is 14.1. The van der Waals surface area contributed by atoms with E-state index in [2.05, 4.69) is 3.53 Å². The zero-order valence-corrected chi connectivity index (χ0v) is 8.87. The van der Waals surface area contributed by atoms with Gasteiger partial charge in [-0.15, -0.1) is 0 Å². The van der Waals surface area contributed by atoms with Crippen LogP contribution in [0.2, 0.25) is 0 Å². The van der Waals surface area contributed by atoms with Gasteiger partial charge in [0.05, 0.1) is 28.6 Å². The van der Waals surface area contributed by atoms with E-state index in [9.17, 15) is 8.78 Å². The third-order valence-corrected chi connectivity index (χ3v) is 2.28. The summed E-state index contributed by atoms with van der Waals surface area (Å²) in [7, 11) is 0. The summed E-state index contributed by atoms with van der Waals surface area (Å²) in [4.78, 5) is 0. The van der Waals surface area contributed by atoms with Gasteiger partial charge in [0.2, 0.25) is 0 Å². The molecule has 1 nitrogen and oxygen atoms in total. The normalized spacial score (nSPS) is 10.1. The van der Waals surface area contributed by atoms with E-state index in [1.54, 1.807) is 6.92 Å². The van der Waals surface area contributed by atoms with Crippen LogP contribution < -0.4 is 3.53 Å². The lowest BCUT2D eigenvalue weighted by atomic mass is 10.1. The van der Waals surface area contributed by atoms with Crippen molar-refractivity contribution in [1.29, 1.82) is 0 Å². The van der Waals surface area contributed by atoms with Crippen molar-refractivity contribution in [3.8, 4) is 0 Å². The van der Waals surface area contributed by atoms with Crippen LogP contribution in [0.3, 0.4) is 0 Å². The number of halogens is 3. The van der Waals surface area contributed by atoms with Gasteiger partial charge in [-0.1, -0.05) is 0 Å². The molecule has 0 aliphatic heterocycles. The first-order valence-electron chi connectivity index (χ1n) is 3.39. The topological polar surface area (TPSA) is 12.0 Å². The lowest BCUT2D eigenvalue weighted by molar-refractivity contribution is 0.570. The molecular formula is C8H8F2IN. The van der Waals surface area contributed by atoms with E-state index in [-0.39, 0.29) is 5.56 Å². The van der Waals surface area contributed by atoms with Crippen molar-refractivity contribution in [2.45, 2.75) is 13.8 Å². The lowest BCUT2D eigenvalue weighted by Crippen LogP contribution is -1.96. The van der Waals surface area contributed by atoms with E-state index in [0.717, 1.165) is 0 Å². The predicted molar refractivity (Wildman–Crippen MR) is 53.5 cm³/mol. The minimum Gasteiger partial charge on any atom is -0.326 e. The molecule has 0 amide bonds. The Morgan fingerprint density at radius 3 is 2.42 bits per heavy atom. The summed E-state index contributed by atoms with van der Waals surface area (Å²) in [5.41, 5.74) is 0.985. The molecule has 0 unspecified atom stereocenters. The van der Waals surface area contributed by atoms with Gasteiger partial charge in [0.1, 0.15) is 5.82 Å². The van der Waals surface area contributed by atoms with E-state index in [0.29, 0.717) is 11.3 Å². The largest absolute Gasteiger partial charge is 0.326 e. The minimum absolute atomic E-state index is 0.0553. The first kappa shape index (κ1) is 9.70. The van der Waals surface area contributed by atoms with E-state index >= 15 is 0 Å². The van der Waals surface area contributed by atoms with Crippen LogP contribution >= 0.6 is 22.9 Å². The Kier molecular flexibility index (Phi) is 2.87. The molecule has 0 aliphatic carbocycles. The predicted octanol–water partition coefficient (Wildman–Crippen LogP) is 3.34. The Balaban J connectivity index is 3.40. The second-order valence-electron chi connectivity index (χ2n) is 2.58. The molecule has 1 aromatic carbocycles. The molecule has 0 fully saturated rings. The Labute approximate surface area is 83.7 Å². The van der Waals surface area contributed by atoms with E-state index in [1.165, 1.54) is 13.0 Å². The highest BCUT2D eigenvalue weighted by Gasteiger charge is 2.11. The fraction of sp³-hybridized carbons (Fsp3) is 0.250. The molecule has 12 heavy (non-hydrogen) atoms. The zero-order valence-electron chi connectivity index (χ0n) is 6.71. The summed E-state index contributed by atoms with van der Waals surface area (Å²) in [6.07, 6.45) is 0. The number of benzene rings is 1. The second kappa shape index (κ2) is 3.55. The van der Waals surface area contributed by atoms with E-state index < -0.39 is 11.6 Å². The van der Waals surface area contributed by atoms with Crippen LogP contribution in [0.5, 0.6) is 0 Å². The van der Waals surface area contributed by atoms with Crippen molar-refractivity contribution in [1.82, 2.24) is 0 Å². The maximum atomic E-state index is 13.2. The quantitative estimate of drug-likeness (QED) is 0.615. The van der Waals surface area contributed by atoms with Crippen LogP contribution in [-0.2, 0) is 0 Å². The Morgan fingerprint density at radius 2 is 1.92 bits per heavy atom. The van der Waals surface area contributed by atoms with Crippen LogP contribution in [0.4, 0.5) is 14.5 Å². The van der Waals surface area contributed by atoms with Crippen LogP contribution in [0.25, 0.3) is 0 Å². The second-order valence-corrected chi connectivity index (χ2v) is 3.12. The van der Waals surface area contributed by atoms with Gasteiger partial charge in [-0.25, -0.2) is 8.78 Å². The summed E-state index contributed by atoms with van der Waals surface area (Å²) in [5.74, 6) is -1.01. The molecule has 0 radical (unpaired) electrons. The summed E-state index contributed by atoms with van der Waals surface area (Å²) in [6, 6.07) is 1.32. The number of anilines is 1. The van der Waals surface area contributed by atoms with Gasteiger partial charge >= 0.3 is 0 Å². The Bertz CT molecular complexity index is 312. The van der Waals surface area contributed by atoms with Gasteiger partial charge < -0.3 is 3.53 Å². The minimum atomic E-state index is -0.512. The fourth-order valence-electron chi connectivity index (χ4n) is 0.952. The fourth-order valence-corrected chi connectivity index (χ4v) is 1.61. The summed E-state index contributed by atoms with van der Waals surface area (Å²) in [5, 5.41) is 0. The highest BCUT2D eigenvalue weighted by atomic mass is 127. The highest BCUT2D eigenvalue weighted by Crippen LogP contribution is 2.25. The molecule has 0 bridgehead atoms. The van der Waals surface area contributed by atoms with Gasteiger partial charge in [0, 0.05) is 5.56 Å². The molecule has 0 spiro atoms. The van der Waals surface area contributed by atoms with Crippen molar-refractivity contribution in [2.75, 3.05) is 3.53 Å². The molecular weight excluding hydrogens is 275 g/mol. The molecule has 66 valence electrons. The first-order chi connectivity index (χ1) is 5.57. The molecule has 0 saturated carbocycles. The third-order valence-electron chi connectivity index (χ3n) is 1.74. The monoisotopic (exact) mass is 283 g/mol. The average Bonchev–Trinajstić information content (AvgIpc) is 2.01. The maximum Gasteiger partial charge on any atom is 0.153 e. The van der Waals surface area contributed by atoms with Crippen molar-refractivity contribution in [3.63, 3.8) is 0 Å². The number of hydrogen-bond acceptors (Lipinski definition) is 1. The average molecular weight is 283 g/mol. The third kappa shape index (κ3) is 1.53. The van der Waals surface area contributed by atoms with E-state index in [4.69, 9.17) is 0 Å². The Hall–Kier alpha value is -0.390. The lowest BCUT2D eigenvalue weighted by Gasteiger charge is -2.07. The van der Waals surface area contributed by atoms with Crippen molar-refractivity contribution in [3.05, 3.63) is 28.8 Å². The van der Waals surface area contributed by atoms with Gasteiger partial charge in [0.25, 0.3) is 0 Å². The van der Waals surface area contributed by atoms with Gasteiger partial charge in [-0.05, 0) is 25.5 Å². The maximum absolute atomic E-state index is 13.2. The standard InChI is InChI=1S/C8H8F2IN/c1-4-3-6(9)5(2)7(10)8(4)12-11/h3,12H,1-2H3. The van der Waals surface area contributed by atoms with Gasteiger partial charge in [-0.2, -0.15) is 0 Å². The number of hydrogen-bond donors (Lipinski definition) is 1. The molecule has 1 aromatic rings. The molecule has 0 saturated heterocycles. The molecule has 0 heterocycles. The molecule has 1 N–H and O–H groups in total. The Morgan fingerprint density at radius 1 is 1.33 bits per heavy atom. The smallest absolute Gasteiger partial charge is 0.153 e. The SMILES string of the molecule is Cc1cc(F)c(C)c(F)c1NI. The van der Waals surface area contributed by atoms with Crippen molar-refractivity contribution in [2.24, 2.45) is 0 Å². The van der Waals surface area contributed by atoms with Gasteiger partial charge in [0.15, 0.2) is 5.82 Å². The molecule has 0 aliphatic rings. The first-order valence-corrected chi connectivity index (χ1v) is 4.47.